The number of carbonyl (C=O) groups excluding carboxylic acids is 3. The molecule has 1 atom stereocenters. The van der Waals surface area contributed by atoms with Crippen LogP contribution in [0.2, 0.25) is 0 Å². The largest absolute Gasteiger partial charge is 0.331 e. The molecular formula is C17H22FN3O3. The van der Waals surface area contributed by atoms with Gasteiger partial charge in [0.1, 0.15) is 11.9 Å². The Hall–Kier alpha value is -2.44. The Balaban J connectivity index is 2.13. The fourth-order valence-electron chi connectivity index (χ4n) is 2.82. The number of hydrogen-bond acceptors (Lipinski definition) is 3. The Kier molecular flexibility index (Phi) is 5.89. The van der Waals surface area contributed by atoms with Gasteiger partial charge in [-0.05, 0) is 37.5 Å². The van der Waals surface area contributed by atoms with Crippen LogP contribution in [0.3, 0.4) is 0 Å². The molecule has 2 rings (SSSR count). The fourth-order valence-corrected chi connectivity index (χ4v) is 2.82. The molecule has 1 aliphatic heterocycles. The molecule has 0 bridgehead atoms. The predicted octanol–water partition coefficient (Wildman–Crippen LogP) is 2.51. The summed E-state index contributed by atoms with van der Waals surface area (Å²) in [6, 6.07) is 3.45. The van der Waals surface area contributed by atoms with Crippen molar-refractivity contribution in [3.63, 3.8) is 0 Å². The van der Waals surface area contributed by atoms with Crippen molar-refractivity contribution in [3.8, 4) is 0 Å². The topological polar surface area (TPSA) is 78.5 Å². The summed E-state index contributed by atoms with van der Waals surface area (Å²) in [7, 11) is 0. The van der Waals surface area contributed by atoms with E-state index >= 15 is 0 Å². The molecule has 24 heavy (non-hydrogen) atoms. The maximum Gasteiger partial charge on any atom is 0.247 e. The summed E-state index contributed by atoms with van der Waals surface area (Å²) in [6.45, 7) is 3.62. The Labute approximate surface area is 140 Å². The van der Waals surface area contributed by atoms with Crippen molar-refractivity contribution in [1.29, 1.82) is 0 Å². The van der Waals surface area contributed by atoms with Crippen molar-refractivity contribution in [2.24, 2.45) is 0 Å². The summed E-state index contributed by atoms with van der Waals surface area (Å²) in [5.74, 6) is -1.32. The van der Waals surface area contributed by atoms with Gasteiger partial charge in [0, 0.05) is 25.6 Å². The smallest absolute Gasteiger partial charge is 0.247 e. The first-order chi connectivity index (χ1) is 11.4. The van der Waals surface area contributed by atoms with Crippen molar-refractivity contribution < 1.29 is 18.8 Å². The van der Waals surface area contributed by atoms with Gasteiger partial charge in [0.15, 0.2) is 0 Å². The number of likely N-dealkylation sites (tertiary alicyclic amines) is 1. The minimum absolute atomic E-state index is 0.00503. The van der Waals surface area contributed by atoms with E-state index in [4.69, 9.17) is 0 Å². The van der Waals surface area contributed by atoms with Gasteiger partial charge in [0.25, 0.3) is 0 Å². The number of halogens is 1. The van der Waals surface area contributed by atoms with Crippen molar-refractivity contribution in [2.45, 2.75) is 45.6 Å². The zero-order valence-electron chi connectivity index (χ0n) is 13.9. The molecule has 7 heteroatoms. The Morgan fingerprint density at radius 2 is 2.00 bits per heavy atom. The molecule has 2 N–H and O–H groups in total. The van der Waals surface area contributed by atoms with Crippen LogP contribution in [0.25, 0.3) is 0 Å². The maximum atomic E-state index is 13.7. The lowest BCUT2D eigenvalue weighted by atomic mass is 10.0. The van der Waals surface area contributed by atoms with Crippen LogP contribution in [0.4, 0.5) is 15.8 Å². The molecule has 6 nitrogen and oxygen atoms in total. The summed E-state index contributed by atoms with van der Waals surface area (Å²) in [6.07, 6.45) is 2.73. The molecule has 1 unspecified atom stereocenters. The lowest BCUT2D eigenvalue weighted by molar-refractivity contribution is -0.140. The Bertz CT molecular complexity index is 648. The van der Waals surface area contributed by atoms with Crippen LogP contribution >= 0.6 is 0 Å². The second kappa shape index (κ2) is 7.90. The van der Waals surface area contributed by atoms with Gasteiger partial charge >= 0.3 is 0 Å². The predicted molar refractivity (Wildman–Crippen MR) is 89.0 cm³/mol. The maximum absolute atomic E-state index is 13.7. The van der Waals surface area contributed by atoms with E-state index in [0.29, 0.717) is 25.1 Å². The van der Waals surface area contributed by atoms with Crippen LogP contribution in [0, 0.1) is 5.82 Å². The fraction of sp³-hybridized carbons (Fsp3) is 0.471. The minimum Gasteiger partial charge on any atom is -0.331 e. The zero-order chi connectivity index (χ0) is 17.7. The van der Waals surface area contributed by atoms with E-state index in [1.807, 2.05) is 0 Å². The molecule has 130 valence electrons. The summed E-state index contributed by atoms with van der Waals surface area (Å²) in [5.41, 5.74) is 0.380. The number of carbonyl (C=O) groups is 3. The number of nitrogens with one attached hydrogen (secondary N) is 2. The van der Waals surface area contributed by atoms with Crippen LogP contribution in [-0.2, 0) is 14.4 Å². The van der Waals surface area contributed by atoms with Crippen LogP contribution in [-0.4, -0.2) is 35.2 Å². The highest BCUT2D eigenvalue weighted by atomic mass is 19.1. The molecular weight excluding hydrogens is 313 g/mol. The van der Waals surface area contributed by atoms with E-state index in [0.717, 1.165) is 12.8 Å². The number of rotatable bonds is 4. The highest BCUT2D eigenvalue weighted by Crippen LogP contribution is 2.23. The molecule has 1 aromatic carbocycles. The third kappa shape index (κ3) is 4.31. The summed E-state index contributed by atoms with van der Waals surface area (Å²) < 4.78 is 13.7. The lowest BCUT2D eigenvalue weighted by Crippen LogP contribution is -2.49. The van der Waals surface area contributed by atoms with E-state index in [1.165, 1.54) is 25.1 Å². The normalized spacial score (nSPS) is 17.3. The van der Waals surface area contributed by atoms with E-state index in [2.05, 4.69) is 10.6 Å². The van der Waals surface area contributed by atoms with Crippen LogP contribution in [0.15, 0.2) is 18.2 Å². The molecule has 0 saturated carbocycles. The average Bonchev–Trinajstić information content (AvgIpc) is 2.56. The van der Waals surface area contributed by atoms with Crippen LogP contribution < -0.4 is 10.6 Å². The van der Waals surface area contributed by atoms with Gasteiger partial charge in [-0.15, -0.1) is 0 Å². The first-order valence-electron chi connectivity index (χ1n) is 8.10. The van der Waals surface area contributed by atoms with Gasteiger partial charge in [-0.2, -0.15) is 0 Å². The van der Waals surface area contributed by atoms with Gasteiger partial charge in [-0.1, -0.05) is 6.92 Å². The molecule has 0 aliphatic carbocycles. The van der Waals surface area contributed by atoms with Crippen molar-refractivity contribution in [1.82, 2.24) is 4.90 Å². The quantitative estimate of drug-likeness (QED) is 0.887. The first kappa shape index (κ1) is 17.9. The first-order valence-corrected chi connectivity index (χ1v) is 8.10. The summed E-state index contributed by atoms with van der Waals surface area (Å²) >= 11 is 0. The molecule has 0 aromatic heterocycles. The van der Waals surface area contributed by atoms with E-state index in [1.54, 1.807) is 11.8 Å². The van der Waals surface area contributed by atoms with E-state index < -0.39 is 17.8 Å². The average molecular weight is 335 g/mol. The van der Waals surface area contributed by atoms with Crippen molar-refractivity contribution >= 4 is 29.1 Å². The molecule has 1 saturated heterocycles. The number of nitrogens with zero attached hydrogens (tertiary/aromatic N) is 1. The molecule has 1 heterocycles. The molecule has 3 amide bonds. The molecule has 1 aromatic rings. The third-order valence-electron chi connectivity index (χ3n) is 3.97. The van der Waals surface area contributed by atoms with Gasteiger partial charge in [-0.25, -0.2) is 4.39 Å². The number of hydrogen-bond donors (Lipinski definition) is 2. The van der Waals surface area contributed by atoms with Gasteiger partial charge in [-0.3, -0.25) is 14.4 Å². The monoisotopic (exact) mass is 335 g/mol. The van der Waals surface area contributed by atoms with E-state index in [9.17, 15) is 18.8 Å². The molecule has 0 radical (unpaired) electrons. The van der Waals surface area contributed by atoms with Gasteiger partial charge in [0.2, 0.25) is 17.7 Å². The van der Waals surface area contributed by atoms with Gasteiger partial charge in [0.05, 0.1) is 5.69 Å². The highest BCUT2D eigenvalue weighted by Gasteiger charge is 2.31. The third-order valence-corrected chi connectivity index (χ3v) is 3.97. The zero-order valence-corrected chi connectivity index (χ0v) is 13.9. The summed E-state index contributed by atoms with van der Waals surface area (Å²) in [4.78, 5) is 37.2. The highest BCUT2D eigenvalue weighted by molar-refractivity contribution is 5.98. The number of piperidine rings is 1. The number of benzene rings is 1. The minimum atomic E-state index is -0.580. The second-order valence-electron chi connectivity index (χ2n) is 5.82. The van der Waals surface area contributed by atoms with Gasteiger partial charge < -0.3 is 15.5 Å². The van der Waals surface area contributed by atoms with Crippen LogP contribution in [0.5, 0.6) is 0 Å². The van der Waals surface area contributed by atoms with Crippen molar-refractivity contribution in [2.75, 3.05) is 17.2 Å². The Morgan fingerprint density at radius 3 is 2.67 bits per heavy atom. The second-order valence-corrected chi connectivity index (χ2v) is 5.82. The Morgan fingerprint density at radius 1 is 1.25 bits per heavy atom. The molecule has 1 fully saturated rings. The van der Waals surface area contributed by atoms with Crippen LogP contribution in [0.1, 0.15) is 39.5 Å². The van der Waals surface area contributed by atoms with Crippen molar-refractivity contribution in [3.05, 3.63) is 24.0 Å². The summed E-state index contributed by atoms with van der Waals surface area (Å²) in [5, 5.41) is 5.08. The standard InChI is InChI=1S/C17H22FN3O3/c1-3-16(23)21-9-5-4-6-15(21)17(24)20-12-7-8-13(18)14(10-12)19-11(2)22/h7-8,10,15H,3-6,9H2,1-2H3,(H,19,22)(H,20,24). The molecule has 0 spiro atoms. The SMILES string of the molecule is CCC(=O)N1CCCCC1C(=O)Nc1ccc(F)c(NC(C)=O)c1. The number of anilines is 2. The number of amides is 3. The molecule has 1 aliphatic rings. The lowest BCUT2D eigenvalue weighted by Gasteiger charge is -2.34. The van der Waals surface area contributed by atoms with E-state index in [-0.39, 0.29) is 17.5 Å².